The van der Waals surface area contributed by atoms with Gasteiger partial charge < -0.3 is 4.98 Å². The molecule has 0 aromatic carbocycles. The summed E-state index contributed by atoms with van der Waals surface area (Å²) in [5.74, 6) is 1.07. The summed E-state index contributed by atoms with van der Waals surface area (Å²) in [7, 11) is -3.22. The molecule has 5 rings (SSSR count). The summed E-state index contributed by atoms with van der Waals surface area (Å²) in [6.07, 6.45) is 9.80. The number of H-pyrrole nitrogens is 1. The van der Waals surface area contributed by atoms with Gasteiger partial charge in [-0.05, 0) is 68.3 Å². The van der Waals surface area contributed by atoms with Crippen LogP contribution in [0.15, 0.2) is 30.7 Å². The van der Waals surface area contributed by atoms with Gasteiger partial charge in [-0.1, -0.05) is 0 Å². The molecule has 148 valence electrons. The lowest BCUT2D eigenvalue weighted by molar-refractivity contribution is 0.241. The van der Waals surface area contributed by atoms with Crippen LogP contribution >= 0.6 is 0 Å². The van der Waals surface area contributed by atoms with Gasteiger partial charge in [0.05, 0.1) is 11.7 Å². The maximum atomic E-state index is 12.3. The Morgan fingerprint density at radius 2 is 1.96 bits per heavy atom. The Labute approximate surface area is 164 Å². The average molecular weight is 400 g/mol. The van der Waals surface area contributed by atoms with Gasteiger partial charge in [-0.3, -0.25) is 9.88 Å². The standard InChI is InChI=1S/C20H25N5O2S/c26-28(27,24-11-14-1-2-14)13-25-9-5-15(6-10-25)16-3-7-21-18-12-23-20-17(19(16)18)4-8-22-20/h3-4,7-8,12,14-15,24H,1-2,5-6,9-11,13H2,(H,22,23). The molecule has 1 saturated carbocycles. The van der Waals surface area contributed by atoms with Crippen molar-refractivity contribution in [1.82, 2.24) is 24.6 Å². The molecule has 7 nitrogen and oxygen atoms in total. The number of nitrogens with one attached hydrogen (secondary N) is 2. The van der Waals surface area contributed by atoms with E-state index in [-0.39, 0.29) is 5.88 Å². The molecular weight excluding hydrogens is 374 g/mol. The minimum absolute atomic E-state index is 0.107. The molecule has 4 heterocycles. The normalized spacial score (nSPS) is 19.6. The fourth-order valence-electron chi connectivity index (χ4n) is 4.25. The number of sulfonamides is 1. The van der Waals surface area contributed by atoms with Gasteiger partial charge in [0.2, 0.25) is 10.0 Å². The van der Waals surface area contributed by atoms with E-state index in [0.29, 0.717) is 18.4 Å². The van der Waals surface area contributed by atoms with E-state index < -0.39 is 10.0 Å². The van der Waals surface area contributed by atoms with Crippen LogP contribution in [0.3, 0.4) is 0 Å². The van der Waals surface area contributed by atoms with E-state index in [1.807, 2.05) is 18.6 Å². The largest absolute Gasteiger partial charge is 0.346 e. The molecule has 8 heteroatoms. The average Bonchev–Trinajstić information content (AvgIpc) is 3.41. The Hall–Kier alpha value is -2.03. The zero-order valence-corrected chi connectivity index (χ0v) is 16.6. The van der Waals surface area contributed by atoms with Crippen molar-refractivity contribution >= 4 is 32.0 Å². The number of aromatic nitrogens is 3. The Morgan fingerprint density at radius 1 is 1.14 bits per heavy atom. The van der Waals surface area contributed by atoms with Crippen LogP contribution in [0.2, 0.25) is 0 Å². The van der Waals surface area contributed by atoms with Gasteiger partial charge in [-0.2, -0.15) is 0 Å². The minimum atomic E-state index is -3.22. The summed E-state index contributed by atoms with van der Waals surface area (Å²) in [6.45, 7) is 2.18. The van der Waals surface area contributed by atoms with E-state index in [9.17, 15) is 8.42 Å². The number of pyridine rings is 2. The first-order valence-electron chi connectivity index (χ1n) is 9.99. The van der Waals surface area contributed by atoms with E-state index >= 15 is 0 Å². The molecule has 2 N–H and O–H groups in total. The van der Waals surface area contributed by atoms with Crippen LogP contribution in [-0.4, -0.2) is 53.8 Å². The first-order valence-corrected chi connectivity index (χ1v) is 11.6. The smallest absolute Gasteiger partial charge is 0.224 e. The van der Waals surface area contributed by atoms with Crippen molar-refractivity contribution in [2.24, 2.45) is 5.92 Å². The van der Waals surface area contributed by atoms with Crippen molar-refractivity contribution < 1.29 is 8.42 Å². The highest BCUT2D eigenvalue weighted by atomic mass is 32.2. The third kappa shape index (κ3) is 3.64. The van der Waals surface area contributed by atoms with Crippen LogP contribution in [0.4, 0.5) is 0 Å². The van der Waals surface area contributed by atoms with Crippen molar-refractivity contribution in [2.45, 2.75) is 31.6 Å². The molecule has 2 aliphatic rings. The van der Waals surface area contributed by atoms with Gasteiger partial charge in [-0.25, -0.2) is 18.1 Å². The molecule has 0 atom stereocenters. The lowest BCUT2D eigenvalue weighted by Gasteiger charge is -2.32. The Kier molecular flexibility index (Phi) is 4.57. The molecule has 3 aromatic rings. The molecule has 0 spiro atoms. The molecular formula is C20H25N5O2S. The van der Waals surface area contributed by atoms with Gasteiger partial charge in [0.15, 0.2) is 0 Å². The van der Waals surface area contributed by atoms with Crippen molar-refractivity contribution in [3.63, 3.8) is 0 Å². The summed E-state index contributed by atoms with van der Waals surface area (Å²) in [6, 6.07) is 4.17. The maximum Gasteiger partial charge on any atom is 0.224 e. The topological polar surface area (TPSA) is 91.0 Å². The molecule has 2 fully saturated rings. The molecule has 0 bridgehead atoms. The van der Waals surface area contributed by atoms with Gasteiger partial charge in [0.1, 0.15) is 11.5 Å². The van der Waals surface area contributed by atoms with Gasteiger partial charge in [0.25, 0.3) is 0 Å². The minimum Gasteiger partial charge on any atom is -0.346 e. The van der Waals surface area contributed by atoms with Crippen LogP contribution in [0.25, 0.3) is 21.9 Å². The van der Waals surface area contributed by atoms with Crippen molar-refractivity contribution in [3.05, 3.63) is 36.3 Å². The number of nitrogens with zero attached hydrogens (tertiary/aromatic N) is 3. The SMILES string of the molecule is O=S(=O)(CN1CCC(c2ccnc3cnc4[nH]ccc4c23)CC1)NCC1CC1. The molecule has 1 aliphatic carbocycles. The van der Waals surface area contributed by atoms with E-state index in [2.05, 4.69) is 36.7 Å². The van der Waals surface area contributed by atoms with Crippen LogP contribution in [-0.2, 0) is 10.0 Å². The molecule has 0 unspecified atom stereocenters. The summed E-state index contributed by atoms with van der Waals surface area (Å²) in [5.41, 5.74) is 3.09. The summed E-state index contributed by atoms with van der Waals surface area (Å²) in [5, 5.41) is 2.28. The van der Waals surface area contributed by atoms with Gasteiger partial charge >= 0.3 is 0 Å². The number of aromatic amines is 1. The third-order valence-corrected chi connectivity index (χ3v) is 7.30. The highest BCUT2D eigenvalue weighted by Crippen LogP contribution is 2.35. The number of likely N-dealkylation sites (tertiary alicyclic amines) is 1. The molecule has 0 amide bonds. The summed E-state index contributed by atoms with van der Waals surface area (Å²) < 4.78 is 27.4. The second-order valence-electron chi connectivity index (χ2n) is 8.09. The predicted octanol–water partition coefficient (Wildman–Crippen LogP) is 2.58. The molecule has 28 heavy (non-hydrogen) atoms. The van der Waals surface area contributed by atoms with E-state index in [4.69, 9.17) is 0 Å². The van der Waals surface area contributed by atoms with Crippen molar-refractivity contribution in [2.75, 3.05) is 25.5 Å². The summed E-state index contributed by atoms with van der Waals surface area (Å²) >= 11 is 0. The van der Waals surface area contributed by atoms with Crippen molar-refractivity contribution in [3.8, 4) is 0 Å². The van der Waals surface area contributed by atoms with E-state index in [1.54, 1.807) is 0 Å². The molecule has 1 aliphatic heterocycles. The zero-order chi connectivity index (χ0) is 19.1. The number of fused-ring (bicyclic) bond motifs is 3. The second kappa shape index (κ2) is 7.09. The molecule has 1 saturated heterocycles. The van der Waals surface area contributed by atoms with Crippen LogP contribution < -0.4 is 4.72 Å². The fraction of sp³-hybridized carbons (Fsp3) is 0.500. The number of rotatable bonds is 6. The fourth-order valence-corrected chi connectivity index (χ4v) is 5.57. The van der Waals surface area contributed by atoms with Crippen LogP contribution in [0.1, 0.15) is 37.2 Å². The number of piperidine rings is 1. The number of hydrogen-bond donors (Lipinski definition) is 2. The maximum absolute atomic E-state index is 12.3. The first kappa shape index (κ1) is 18.0. The van der Waals surface area contributed by atoms with Crippen molar-refractivity contribution in [1.29, 1.82) is 0 Å². The van der Waals surface area contributed by atoms with E-state index in [1.165, 1.54) is 10.9 Å². The highest BCUT2D eigenvalue weighted by molar-refractivity contribution is 7.89. The monoisotopic (exact) mass is 399 g/mol. The predicted molar refractivity (Wildman–Crippen MR) is 109 cm³/mol. The van der Waals surface area contributed by atoms with Crippen LogP contribution in [0, 0.1) is 5.92 Å². The quantitative estimate of drug-likeness (QED) is 0.665. The highest BCUT2D eigenvalue weighted by Gasteiger charge is 2.27. The second-order valence-corrected chi connectivity index (χ2v) is 9.86. The van der Waals surface area contributed by atoms with E-state index in [0.717, 1.165) is 55.3 Å². The lowest BCUT2D eigenvalue weighted by Crippen LogP contribution is -2.41. The Bertz CT molecular complexity index is 1100. The summed E-state index contributed by atoms with van der Waals surface area (Å²) in [4.78, 5) is 14.2. The van der Waals surface area contributed by atoms with Gasteiger partial charge in [-0.15, -0.1) is 0 Å². The molecule has 0 radical (unpaired) electrons. The molecule has 3 aromatic heterocycles. The zero-order valence-electron chi connectivity index (χ0n) is 15.8. The van der Waals surface area contributed by atoms with Gasteiger partial charge in [0, 0.05) is 29.7 Å². The first-order chi connectivity index (χ1) is 13.6. The third-order valence-electron chi connectivity index (χ3n) is 5.99. The lowest BCUT2D eigenvalue weighted by atomic mass is 9.87. The van der Waals surface area contributed by atoms with Crippen LogP contribution in [0.5, 0.6) is 0 Å². The Morgan fingerprint density at radius 3 is 2.75 bits per heavy atom. The Balaban J connectivity index is 1.31. The number of hydrogen-bond acceptors (Lipinski definition) is 5.